The van der Waals surface area contributed by atoms with Crippen molar-refractivity contribution in [1.29, 1.82) is 0 Å². The van der Waals surface area contributed by atoms with E-state index >= 15 is 0 Å². The largest absolute Gasteiger partial charge is 0.458 e. The second kappa shape index (κ2) is 12.2. The van der Waals surface area contributed by atoms with Crippen LogP contribution in [-0.4, -0.2) is 69.9 Å². The van der Waals surface area contributed by atoms with Crippen LogP contribution in [-0.2, 0) is 9.47 Å². The molecule has 2 aliphatic heterocycles. The van der Waals surface area contributed by atoms with Crippen LogP contribution < -0.4 is 10.1 Å². The van der Waals surface area contributed by atoms with Crippen LogP contribution in [0.5, 0.6) is 6.01 Å². The topological polar surface area (TPSA) is 116 Å². The van der Waals surface area contributed by atoms with Gasteiger partial charge in [-0.15, -0.1) is 0 Å². The third kappa shape index (κ3) is 6.98. The van der Waals surface area contributed by atoms with Crippen molar-refractivity contribution >= 4 is 17.6 Å². The minimum Gasteiger partial charge on any atom is -0.458 e. The summed E-state index contributed by atoms with van der Waals surface area (Å²) in [7, 11) is 0. The number of likely N-dealkylation sites (tertiary alicyclic amines) is 1. The molecule has 3 aromatic rings. The third-order valence-corrected chi connectivity index (χ3v) is 8.29. The maximum Gasteiger partial charge on any atom is 0.410 e. The molecule has 11 heteroatoms. The summed E-state index contributed by atoms with van der Waals surface area (Å²) < 4.78 is 30.4. The molecular weight excluding hydrogens is 577 g/mol. The Labute approximate surface area is 262 Å². The molecule has 2 atom stereocenters. The highest BCUT2D eigenvalue weighted by atomic mass is 19.1. The lowest BCUT2D eigenvalue weighted by Crippen LogP contribution is -2.62. The molecule has 2 saturated heterocycles. The number of nitrogens with one attached hydrogen (secondary N) is 1. The van der Waals surface area contributed by atoms with Crippen molar-refractivity contribution in [3.05, 3.63) is 88.8 Å². The highest BCUT2D eigenvalue weighted by Crippen LogP contribution is 2.54. The number of aromatic nitrogens is 3. The number of pyridine rings is 1. The molecule has 1 aliphatic carbocycles. The van der Waals surface area contributed by atoms with Gasteiger partial charge in [-0.25, -0.2) is 14.2 Å². The van der Waals surface area contributed by atoms with Crippen LogP contribution >= 0.6 is 0 Å². The van der Waals surface area contributed by atoms with Crippen molar-refractivity contribution in [3.8, 4) is 6.01 Å². The summed E-state index contributed by atoms with van der Waals surface area (Å²) in [6.45, 7) is 9.93. The van der Waals surface area contributed by atoms with Crippen LogP contribution in [0.4, 0.5) is 9.18 Å². The van der Waals surface area contributed by atoms with E-state index in [4.69, 9.17) is 14.2 Å². The summed E-state index contributed by atoms with van der Waals surface area (Å²) in [6.07, 6.45) is 4.76. The van der Waals surface area contributed by atoms with E-state index in [0.29, 0.717) is 32.0 Å². The Morgan fingerprint density at radius 2 is 1.82 bits per heavy atom. The van der Waals surface area contributed by atoms with Gasteiger partial charge in [0.05, 0.1) is 31.1 Å². The predicted octanol–water partition coefficient (Wildman–Crippen LogP) is 5.50. The molecule has 1 N–H and O–H groups in total. The predicted molar refractivity (Wildman–Crippen MR) is 164 cm³/mol. The molecule has 236 valence electrons. The summed E-state index contributed by atoms with van der Waals surface area (Å²) in [5, 5.41) is 3.00. The van der Waals surface area contributed by atoms with Crippen molar-refractivity contribution in [2.24, 2.45) is 5.41 Å². The molecule has 45 heavy (non-hydrogen) atoms. The van der Waals surface area contributed by atoms with Crippen LogP contribution in [0.3, 0.4) is 0 Å². The quantitative estimate of drug-likeness (QED) is 0.371. The Bertz CT molecular complexity index is 1580. The van der Waals surface area contributed by atoms with Crippen molar-refractivity contribution in [2.45, 2.75) is 64.7 Å². The first-order valence-corrected chi connectivity index (χ1v) is 15.3. The average Bonchev–Trinajstić information content (AvgIpc) is 3.46. The lowest BCUT2D eigenvalue weighted by atomic mass is 9.59. The summed E-state index contributed by atoms with van der Waals surface area (Å²) in [5.41, 5.74) is 4.48. The van der Waals surface area contributed by atoms with Gasteiger partial charge in [-0.05, 0) is 69.9 Å². The average molecular weight is 616 g/mol. The first-order valence-electron chi connectivity index (χ1n) is 15.3. The molecule has 0 radical (unpaired) electrons. The number of benzene rings is 1. The number of hydrogen-bond acceptors (Lipinski definition) is 8. The molecule has 2 amide bonds. The van der Waals surface area contributed by atoms with Gasteiger partial charge in [0.25, 0.3) is 5.91 Å². The molecule has 0 bridgehead atoms. The zero-order valence-electron chi connectivity index (χ0n) is 26.0. The molecule has 1 aromatic carbocycles. The van der Waals surface area contributed by atoms with Crippen LogP contribution in [0.2, 0.25) is 0 Å². The van der Waals surface area contributed by atoms with E-state index in [1.807, 2.05) is 52.0 Å². The Balaban J connectivity index is 1.14. The maximum atomic E-state index is 13.8. The second-order valence-electron chi connectivity index (χ2n) is 13.2. The van der Waals surface area contributed by atoms with Gasteiger partial charge in [0.2, 0.25) is 0 Å². The lowest BCUT2D eigenvalue weighted by Gasteiger charge is -2.57. The molecule has 3 aliphatic rings. The summed E-state index contributed by atoms with van der Waals surface area (Å²) in [6, 6.07) is 12.5. The number of hydrogen-bond donors (Lipinski definition) is 1. The fourth-order valence-corrected chi connectivity index (χ4v) is 6.10. The standard InChI is InChI=1S/C34H38FN5O5/c1-21(38-30(41)28-11-13-36-31(39-28)44-26-12-14-43-18-26)22-5-7-23(8-6-22)29(27-10-9-25(35)17-37-27)24-15-34(16-24)19-40(20-34)32(42)45-33(2,3)4/h5-11,13,17,21,26H,12,14-16,18-20H2,1-4H3,(H,38,41)/t21-,26-/m1/s1. The van der Waals surface area contributed by atoms with E-state index in [-0.39, 0.29) is 41.3 Å². The molecule has 0 unspecified atom stereocenters. The monoisotopic (exact) mass is 615 g/mol. The molecular formula is C34H38FN5O5. The van der Waals surface area contributed by atoms with Gasteiger partial charge in [-0.3, -0.25) is 9.78 Å². The first-order chi connectivity index (χ1) is 21.5. The molecule has 1 spiro atoms. The lowest BCUT2D eigenvalue weighted by molar-refractivity contribution is -0.0500. The molecule has 10 nitrogen and oxygen atoms in total. The molecule has 4 heterocycles. The Kier molecular flexibility index (Phi) is 8.30. The normalized spacial score (nSPS) is 19.4. The summed E-state index contributed by atoms with van der Waals surface area (Å²) >= 11 is 0. The highest BCUT2D eigenvalue weighted by molar-refractivity contribution is 5.92. The van der Waals surface area contributed by atoms with Crippen molar-refractivity contribution in [1.82, 2.24) is 25.2 Å². The minimum atomic E-state index is -0.530. The van der Waals surface area contributed by atoms with Gasteiger partial charge >= 0.3 is 12.1 Å². The second-order valence-corrected chi connectivity index (χ2v) is 13.2. The van der Waals surface area contributed by atoms with Gasteiger partial charge < -0.3 is 24.4 Å². The number of amides is 2. The number of carbonyl (C=O) groups is 2. The summed E-state index contributed by atoms with van der Waals surface area (Å²) in [4.78, 5) is 40.0. The molecule has 2 aromatic heterocycles. The van der Waals surface area contributed by atoms with Gasteiger partial charge in [0.1, 0.15) is 23.2 Å². The first kappa shape index (κ1) is 30.6. The third-order valence-electron chi connectivity index (χ3n) is 8.29. The van der Waals surface area contributed by atoms with Gasteiger partial charge in [0.15, 0.2) is 0 Å². The highest BCUT2D eigenvalue weighted by Gasteiger charge is 2.53. The Hall–Kier alpha value is -4.38. The van der Waals surface area contributed by atoms with Crippen LogP contribution in [0.1, 0.15) is 80.3 Å². The van der Waals surface area contributed by atoms with Crippen molar-refractivity contribution in [3.63, 3.8) is 0 Å². The fraction of sp³-hybridized carbons (Fsp3) is 0.441. The number of ether oxygens (including phenoxy) is 3. The number of allylic oxidation sites excluding steroid dienone is 1. The summed E-state index contributed by atoms with van der Waals surface area (Å²) in [5.74, 6) is -0.726. The van der Waals surface area contributed by atoms with Gasteiger partial charge in [0, 0.05) is 36.7 Å². The van der Waals surface area contributed by atoms with E-state index in [1.54, 1.807) is 17.0 Å². The number of carbonyl (C=O) groups excluding carboxylic acids is 2. The van der Waals surface area contributed by atoms with E-state index in [0.717, 1.165) is 36.0 Å². The maximum absolute atomic E-state index is 13.8. The minimum absolute atomic E-state index is 0.0348. The smallest absolute Gasteiger partial charge is 0.410 e. The SMILES string of the molecule is C[C@@H](NC(=O)c1ccnc(O[C@@H]2CCOC2)n1)c1ccc(C(=C2CC3(C2)CN(C(=O)OC(C)(C)C)C3)c2ccc(F)cn2)cc1. The van der Waals surface area contributed by atoms with Crippen LogP contribution in [0.15, 0.2) is 60.4 Å². The fourth-order valence-electron chi connectivity index (χ4n) is 6.10. The van der Waals surface area contributed by atoms with E-state index in [9.17, 15) is 14.0 Å². The van der Waals surface area contributed by atoms with Gasteiger partial charge in [-0.1, -0.05) is 29.8 Å². The van der Waals surface area contributed by atoms with Crippen LogP contribution in [0.25, 0.3) is 5.57 Å². The Morgan fingerprint density at radius 1 is 1.07 bits per heavy atom. The molecule has 1 saturated carbocycles. The molecule has 3 fully saturated rings. The molecule has 6 rings (SSSR count). The van der Waals surface area contributed by atoms with E-state index in [2.05, 4.69) is 20.3 Å². The van der Waals surface area contributed by atoms with Crippen molar-refractivity contribution < 1.29 is 28.2 Å². The zero-order valence-corrected chi connectivity index (χ0v) is 26.0. The Morgan fingerprint density at radius 3 is 2.47 bits per heavy atom. The number of halogens is 1. The van der Waals surface area contributed by atoms with Crippen molar-refractivity contribution in [2.75, 3.05) is 26.3 Å². The number of rotatable bonds is 7. The van der Waals surface area contributed by atoms with E-state index in [1.165, 1.54) is 24.0 Å². The van der Waals surface area contributed by atoms with Gasteiger partial charge in [-0.2, -0.15) is 4.98 Å². The number of nitrogens with zero attached hydrogens (tertiary/aromatic N) is 4. The van der Waals surface area contributed by atoms with E-state index < -0.39 is 11.4 Å². The van der Waals surface area contributed by atoms with Crippen LogP contribution in [0, 0.1) is 11.2 Å². The zero-order chi connectivity index (χ0) is 31.8.